The molecular weight excluding hydrogens is 621 g/mol. The van der Waals surface area contributed by atoms with Gasteiger partial charge in [-0.3, -0.25) is 0 Å². The van der Waals surface area contributed by atoms with Gasteiger partial charge in [0.15, 0.2) is 0 Å². The minimum Gasteiger partial charge on any atom is -0.456 e. The zero-order valence-electron chi connectivity index (χ0n) is 28.7. The maximum Gasteiger partial charge on any atom is 0.135 e. The molecule has 1 heterocycles. The largest absolute Gasteiger partial charge is 0.456 e. The quantitative estimate of drug-likeness (QED) is 0.177. The number of rotatable bonds is 6. The number of hydrogen-bond acceptors (Lipinski definition) is 3. The first-order valence-corrected chi connectivity index (χ1v) is 18.1. The molecular formula is C48H38N2O. The maximum atomic E-state index is 6.30. The van der Waals surface area contributed by atoms with Crippen molar-refractivity contribution in [3.8, 4) is 0 Å². The van der Waals surface area contributed by atoms with E-state index in [0.29, 0.717) is 0 Å². The summed E-state index contributed by atoms with van der Waals surface area (Å²) < 4.78 is 6.30. The van der Waals surface area contributed by atoms with E-state index in [4.69, 9.17) is 4.42 Å². The molecule has 0 N–H and O–H groups in total. The molecule has 0 saturated carbocycles. The van der Waals surface area contributed by atoms with E-state index in [1.54, 1.807) is 0 Å². The van der Waals surface area contributed by atoms with Crippen molar-refractivity contribution in [3.05, 3.63) is 192 Å². The summed E-state index contributed by atoms with van der Waals surface area (Å²) in [5.74, 6) is 0. The fraction of sp³-hybridized carbons (Fsp3) is 0.125. The summed E-state index contributed by atoms with van der Waals surface area (Å²) in [7, 11) is 0. The van der Waals surface area contributed by atoms with Gasteiger partial charge in [-0.2, -0.15) is 0 Å². The van der Waals surface area contributed by atoms with Crippen LogP contribution in [0.25, 0.3) is 21.9 Å². The molecule has 7 aromatic carbocycles. The molecule has 2 aliphatic carbocycles. The van der Waals surface area contributed by atoms with E-state index in [-0.39, 0.29) is 5.41 Å². The zero-order chi connectivity index (χ0) is 33.9. The van der Waals surface area contributed by atoms with Gasteiger partial charge in [-0.15, -0.1) is 0 Å². The van der Waals surface area contributed by atoms with Crippen molar-refractivity contribution in [1.29, 1.82) is 0 Å². The van der Waals surface area contributed by atoms with Crippen molar-refractivity contribution in [2.24, 2.45) is 0 Å². The lowest BCUT2D eigenvalue weighted by molar-refractivity contribution is 0.507. The minimum absolute atomic E-state index is 0.0140. The van der Waals surface area contributed by atoms with Gasteiger partial charge in [-0.1, -0.05) is 78.9 Å². The van der Waals surface area contributed by atoms with Crippen LogP contribution < -0.4 is 9.80 Å². The summed E-state index contributed by atoms with van der Waals surface area (Å²) in [4.78, 5) is 4.81. The van der Waals surface area contributed by atoms with E-state index < -0.39 is 0 Å². The molecule has 0 unspecified atom stereocenters. The second kappa shape index (κ2) is 11.8. The third-order valence-corrected chi connectivity index (χ3v) is 11.4. The van der Waals surface area contributed by atoms with Gasteiger partial charge in [0.25, 0.3) is 0 Å². The van der Waals surface area contributed by atoms with Crippen molar-refractivity contribution in [2.75, 3.05) is 9.80 Å². The van der Waals surface area contributed by atoms with Gasteiger partial charge in [0.1, 0.15) is 11.2 Å². The molecule has 2 aliphatic rings. The predicted octanol–water partition coefficient (Wildman–Crippen LogP) is 13.0. The molecule has 0 amide bonds. The Bertz CT molecular complexity index is 2510. The van der Waals surface area contributed by atoms with Gasteiger partial charge < -0.3 is 14.2 Å². The van der Waals surface area contributed by atoms with Crippen LogP contribution in [0.15, 0.2) is 168 Å². The summed E-state index contributed by atoms with van der Waals surface area (Å²) in [6.07, 6.45) is 4.47. The molecule has 10 rings (SSSR count). The number of nitrogens with zero attached hydrogens (tertiary/aromatic N) is 2. The Labute approximate surface area is 299 Å². The number of aryl methyl sites for hydroxylation is 3. The van der Waals surface area contributed by atoms with Crippen LogP contribution >= 0.6 is 0 Å². The molecule has 51 heavy (non-hydrogen) atoms. The third-order valence-electron chi connectivity index (χ3n) is 11.4. The fourth-order valence-corrected chi connectivity index (χ4v) is 9.00. The van der Waals surface area contributed by atoms with Crippen LogP contribution in [0.4, 0.5) is 34.1 Å². The molecule has 0 radical (unpaired) electrons. The standard InChI is InChI=1S/C48H38N2O/c1-33-12-11-19-46-47(33)42-30-39(24-25-45(42)51-46)50(38-17-9-4-10-18-38)41-23-21-35-27-29-48(44(35)32-41)28-26-34-20-22-40(31-43(34)48)49(36-13-5-2-6-14-36)37-15-7-3-8-16-37/h2-25,30-32H,26-29H2,1H3/t48-/m1/s1. The molecule has 0 aliphatic heterocycles. The van der Waals surface area contributed by atoms with Gasteiger partial charge in [-0.05, 0) is 145 Å². The topological polar surface area (TPSA) is 19.6 Å². The lowest BCUT2D eigenvalue weighted by Gasteiger charge is -2.31. The predicted molar refractivity (Wildman–Crippen MR) is 212 cm³/mol. The molecule has 3 heteroatoms. The molecule has 1 atom stereocenters. The second-order valence-electron chi connectivity index (χ2n) is 14.2. The molecule has 0 saturated heterocycles. The lowest BCUT2D eigenvalue weighted by Crippen LogP contribution is -2.22. The Hall–Kier alpha value is -6.06. The molecule has 0 fully saturated rings. The average Bonchev–Trinajstić information content (AvgIpc) is 3.87. The monoisotopic (exact) mass is 658 g/mol. The molecule has 1 aromatic heterocycles. The van der Waals surface area contributed by atoms with Crippen LogP contribution in [0, 0.1) is 6.92 Å². The highest BCUT2D eigenvalue weighted by Crippen LogP contribution is 2.55. The highest BCUT2D eigenvalue weighted by molar-refractivity contribution is 6.08. The van der Waals surface area contributed by atoms with Gasteiger partial charge in [0.2, 0.25) is 0 Å². The third kappa shape index (κ3) is 4.80. The Balaban J connectivity index is 1.11. The van der Waals surface area contributed by atoms with Crippen LogP contribution in [-0.4, -0.2) is 0 Å². The summed E-state index contributed by atoms with van der Waals surface area (Å²) in [6.45, 7) is 2.17. The Morgan fingerprint density at radius 1 is 0.451 bits per heavy atom. The van der Waals surface area contributed by atoms with Gasteiger partial charge in [-0.25, -0.2) is 0 Å². The Morgan fingerprint density at radius 2 is 0.941 bits per heavy atom. The van der Waals surface area contributed by atoms with E-state index in [0.717, 1.165) is 53.6 Å². The number of para-hydroxylation sites is 3. The zero-order valence-corrected chi connectivity index (χ0v) is 28.7. The normalized spacial score (nSPS) is 16.1. The molecule has 246 valence electrons. The summed E-state index contributed by atoms with van der Waals surface area (Å²) in [5.41, 5.74) is 16.0. The highest BCUT2D eigenvalue weighted by atomic mass is 16.3. The number of furan rings is 1. The fourth-order valence-electron chi connectivity index (χ4n) is 9.00. The maximum absolute atomic E-state index is 6.30. The lowest BCUT2D eigenvalue weighted by atomic mass is 9.76. The molecule has 3 nitrogen and oxygen atoms in total. The van der Waals surface area contributed by atoms with Gasteiger partial charge >= 0.3 is 0 Å². The van der Waals surface area contributed by atoms with E-state index in [1.165, 1.54) is 56.0 Å². The van der Waals surface area contributed by atoms with Crippen molar-refractivity contribution in [2.45, 2.75) is 38.0 Å². The minimum atomic E-state index is -0.0140. The first kappa shape index (κ1) is 29.8. The molecule has 8 aromatic rings. The summed E-state index contributed by atoms with van der Waals surface area (Å²) >= 11 is 0. The van der Waals surface area contributed by atoms with E-state index in [1.807, 2.05) is 0 Å². The summed E-state index contributed by atoms with van der Waals surface area (Å²) in [5, 5.41) is 2.34. The summed E-state index contributed by atoms with van der Waals surface area (Å²) in [6, 6.07) is 59.7. The van der Waals surface area contributed by atoms with Crippen molar-refractivity contribution < 1.29 is 4.42 Å². The first-order valence-electron chi connectivity index (χ1n) is 18.1. The van der Waals surface area contributed by atoms with Crippen LogP contribution in [-0.2, 0) is 18.3 Å². The van der Waals surface area contributed by atoms with E-state index in [2.05, 4.69) is 181 Å². The van der Waals surface area contributed by atoms with E-state index >= 15 is 0 Å². The van der Waals surface area contributed by atoms with Crippen LogP contribution in [0.5, 0.6) is 0 Å². The average molecular weight is 659 g/mol. The number of anilines is 6. The molecule has 0 bridgehead atoms. The second-order valence-corrected chi connectivity index (χ2v) is 14.2. The number of benzene rings is 7. The first-order chi connectivity index (χ1) is 25.2. The highest BCUT2D eigenvalue weighted by Gasteiger charge is 2.45. The Morgan fingerprint density at radius 3 is 1.49 bits per heavy atom. The molecule has 1 spiro atoms. The smallest absolute Gasteiger partial charge is 0.135 e. The SMILES string of the molecule is Cc1cccc2oc3ccc(N(c4ccccc4)c4ccc5c(c4)[C@]4(CCc6ccc(N(c7ccccc7)c7ccccc7)cc64)CC5)cc3c12. The van der Waals surface area contributed by atoms with Crippen LogP contribution in [0.1, 0.15) is 40.7 Å². The number of fused-ring (bicyclic) bond motifs is 7. The van der Waals surface area contributed by atoms with Crippen molar-refractivity contribution in [1.82, 2.24) is 0 Å². The number of hydrogen-bond donors (Lipinski definition) is 0. The van der Waals surface area contributed by atoms with Crippen LogP contribution in [0.3, 0.4) is 0 Å². The van der Waals surface area contributed by atoms with Crippen molar-refractivity contribution >= 4 is 56.1 Å². The Kier molecular flexibility index (Phi) is 6.89. The van der Waals surface area contributed by atoms with Gasteiger partial charge in [0.05, 0.1) is 0 Å². The van der Waals surface area contributed by atoms with E-state index in [9.17, 15) is 0 Å². The van der Waals surface area contributed by atoms with Crippen molar-refractivity contribution in [3.63, 3.8) is 0 Å². The van der Waals surface area contributed by atoms with Crippen LogP contribution in [0.2, 0.25) is 0 Å². The van der Waals surface area contributed by atoms with Gasteiger partial charge in [0, 0.05) is 50.3 Å².